The molecule has 0 aliphatic heterocycles. The van der Waals surface area contributed by atoms with Gasteiger partial charge in [0.15, 0.2) is 0 Å². The van der Waals surface area contributed by atoms with Crippen LogP contribution < -0.4 is 15.8 Å². The van der Waals surface area contributed by atoms with Gasteiger partial charge in [-0.15, -0.1) is 0 Å². The third kappa shape index (κ3) is 3.75. The maximum atomic E-state index is 11.8. The fourth-order valence-corrected chi connectivity index (χ4v) is 1.37. The van der Waals surface area contributed by atoms with Crippen molar-refractivity contribution >= 4 is 11.6 Å². The molecular formula is C13H20N2O2. The SMILES string of the molecule is CCOc1ccccc1NC(=O)C(N)C(C)C. The lowest BCUT2D eigenvalue weighted by atomic mass is 10.0. The second-order valence-electron chi connectivity index (χ2n) is 4.19. The van der Waals surface area contributed by atoms with E-state index in [0.717, 1.165) is 0 Å². The average molecular weight is 236 g/mol. The van der Waals surface area contributed by atoms with Gasteiger partial charge in [0.2, 0.25) is 5.91 Å². The van der Waals surface area contributed by atoms with E-state index < -0.39 is 6.04 Å². The van der Waals surface area contributed by atoms with E-state index in [-0.39, 0.29) is 11.8 Å². The molecule has 1 aromatic carbocycles. The fourth-order valence-electron chi connectivity index (χ4n) is 1.37. The van der Waals surface area contributed by atoms with Crippen molar-refractivity contribution in [2.24, 2.45) is 11.7 Å². The molecule has 0 saturated carbocycles. The summed E-state index contributed by atoms with van der Waals surface area (Å²) in [7, 11) is 0. The molecule has 17 heavy (non-hydrogen) atoms. The molecule has 4 nitrogen and oxygen atoms in total. The number of rotatable bonds is 5. The highest BCUT2D eigenvalue weighted by Crippen LogP contribution is 2.23. The minimum Gasteiger partial charge on any atom is -0.492 e. The van der Waals surface area contributed by atoms with Crippen molar-refractivity contribution in [2.75, 3.05) is 11.9 Å². The summed E-state index contributed by atoms with van der Waals surface area (Å²) in [5, 5.41) is 2.79. The molecule has 0 heterocycles. The van der Waals surface area contributed by atoms with Gasteiger partial charge in [-0.2, -0.15) is 0 Å². The van der Waals surface area contributed by atoms with Gasteiger partial charge in [-0.3, -0.25) is 4.79 Å². The van der Waals surface area contributed by atoms with Crippen LogP contribution in [0, 0.1) is 5.92 Å². The molecule has 0 radical (unpaired) electrons. The third-order valence-electron chi connectivity index (χ3n) is 2.47. The number of ether oxygens (including phenoxy) is 1. The van der Waals surface area contributed by atoms with Gasteiger partial charge in [0.1, 0.15) is 5.75 Å². The Hall–Kier alpha value is -1.55. The Labute approximate surface area is 102 Å². The van der Waals surface area contributed by atoms with E-state index >= 15 is 0 Å². The van der Waals surface area contributed by atoms with Crippen LogP contribution in [0.1, 0.15) is 20.8 Å². The summed E-state index contributed by atoms with van der Waals surface area (Å²) >= 11 is 0. The standard InChI is InChI=1S/C13H20N2O2/c1-4-17-11-8-6-5-7-10(11)15-13(16)12(14)9(2)3/h5-9,12H,4,14H2,1-3H3,(H,15,16). The fraction of sp³-hybridized carbons (Fsp3) is 0.462. The first-order chi connectivity index (χ1) is 8.06. The molecule has 0 aliphatic carbocycles. The number of hydrogen-bond acceptors (Lipinski definition) is 3. The van der Waals surface area contributed by atoms with Crippen LogP contribution in [0.3, 0.4) is 0 Å². The second-order valence-corrected chi connectivity index (χ2v) is 4.19. The van der Waals surface area contributed by atoms with Gasteiger partial charge in [-0.1, -0.05) is 26.0 Å². The highest BCUT2D eigenvalue weighted by molar-refractivity contribution is 5.96. The Morgan fingerprint density at radius 2 is 2.06 bits per heavy atom. The minimum atomic E-state index is -0.510. The largest absolute Gasteiger partial charge is 0.492 e. The number of hydrogen-bond donors (Lipinski definition) is 2. The lowest BCUT2D eigenvalue weighted by Gasteiger charge is -2.17. The molecule has 0 spiro atoms. The van der Waals surface area contributed by atoms with Crippen LogP contribution in [0.4, 0.5) is 5.69 Å². The zero-order chi connectivity index (χ0) is 12.8. The topological polar surface area (TPSA) is 64.3 Å². The summed E-state index contributed by atoms with van der Waals surface area (Å²) in [6.07, 6.45) is 0. The lowest BCUT2D eigenvalue weighted by molar-refractivity contribution is -0.118. The number of benzene rings is 1. The molecule has 0 bridgehead atoms. The number of nitrogens with one attached hydrogen (secondary N) is 1. The van der Waals surface area contributed by atoms with Gasteiger partial charge in [0, 0.05) is 0 Å². The molecular weight excluding hydrogens is 216 g/mol. The van der Waals surface area contributed by atoms with Crippen molar-refractivity contribution in [3.63, 3.8) is 0 Å². The molecule has 4 heteroatoms. The summed E-state index contributed by atoms with van der Waals surface area (Å²) in [6, 6.07) is 6.82. The number of carbonyl (C=O) groups excluding carboxylic acids is 1. The highest BCUT2D eigenvalue weighted by atomic mass is 16.5. The summed E-state index contributed by atoms with van der Waals surface area (Å²) < 4.78 is 5.42. The van der Waals surface area contributed by atoms with E-state index in [1.165, 1.54) is 0 Å². The zero-order valence-electron chi connectivity index (χ0n) is 10.6. The van der Waals surface area contributed by atoms with Crippen LogP contribution in [0.15, 0.2) is 24.3 Å². The summed E-state index contributed by atoms with van der Waals surface area (Å²) in [4.78, 5) is 11.8. The van der Waals surface area contributed by atoms with Crippen LogP contribution in [0.25, 0.3) is 0 Å². The zero-order valence-corrected chi connectivity index (χ0v) is 10.6. The number of para-hydroxylation sites is 2. The molecule has 0 aliphatic rings. The predicted octanol–water partition coefficient (Wildman–Crippen LogP) is 2.01. The Morgan fingerprint density at radius 3 is 2.65 bits per heavy atom. The van der Waals surface area contributed by atoms with Crippen LogP contribution in [0.2, 0.25) is 0 Å². The quantitative estimate of drug-likeness (QED) is 0.822. The maximum Gasteiger partial charge on any atom is 0.241 e. The van der Waals surface area contributed by atoms with Crippen molar-refractivity contribution in [1.82, 2.24) is 0 Å². The number of carbonyl (C=O) groups is 1. The molecule has 1 unspecified atom stereocenters. The molecule has 3 N–H and O–H groups in total. The first-order valence-corrected chi connectivity index (χ1v) is 5.84. The molecule has 0 fully saturated rings. The number of anilines is 1. The van der Waals surface area contributed by atoms with Crippen LogP contribution in [-0.4, -0.2) is 18.6 Å². The van der Waals surface area contributed by atoms with Crippen LogP contribution >= 0.6 is 0 Å². The van der Waals surface area contributed by atoms with Crippen LogP contribution in [0.5, 0.6) is 5.75 Å². The molecule has 1 aromatic rings. The van der Waals surface area contributed by atoms with Crippen molar-refractivity contribution < 1.29 is 9.53 Å². The highest BCUT2D eigenvalue weighted by Gasteiger charge is 2.18. The number of amides is 1. The van der Waals surface area contributed by atoms with Gasteiger partial charge in [0.25, 0.3) is 0 Å². The summed E-state index contributed by atoms with van der Waals surface area (Å²) in [6.45, 7) is 6.29. The smallest absolute Gasteiger partial charge is 0.241 e. The van der Waals surface area contributed by atoms with Gasteiger partial charge in [0.05, 0.1) is 18.3 Å². The third-order valence-corrected chi connectivity index (χ3v) is 2.47. The maximum absolute atomic E-state index is 11.8. The van der Waals surface area contributed by atoms with E-state index in [4.69, 9.17) is 10.5 Å². The van der Waals surface area contributed by atoms with Gasteiger partial charge in [-0.05, 0) is 25.0 Å². The van der Waals surface area contributed by atoms with Crippen molar-refractivity contribution in [2.45, 2.75) is 26.8 Å². The first kappa shape index (κ1) is 13.5. The average Bonchev–Trinajstić information content (AvgIpc) is 2.30. The van der Waals surface area contributed by atoms with Gasteiger partial charge < -0.3 is 15.8 Å². The second kappa shape index (κ2) is 6.25. The van der Waals surface area contributed by atoms with Crippen molar-refractivity contribution in [3.8, 4) is 5.75 Å². The van der Waals surface area contributed by atoms with E-state index in [1.807, 2.05) is 39.0 Å². The van der Waals surface area contributed by atoms with Gasteiger partial charge >= 0.3 is 0 Å². The minimum absolute atomic E-state index is 0.106. The Balaban J connectivity index is 2.77. The Bertz CT molecular complexity index is 377. The van der Waals surface area contributed by atoms with Crippen molar-refractivity contribution in [1.29, 1.82) is 0 Å². The predicted molar refractivity (Wildman–Crippen MR) is 69.1 cm³/mol. The molecule has 0 aromatic heterocycles. The number of nitrogens with two attached hydrogens (primary N) is 1. The van der Waals surface area contributed by atoms with E-state index in [2.05, 4.69) is 5.32 Å². The molecule has 1 rings (SSSR count). The Morgan fingerprint density at radius 1 is 1.41 bits per heavy atom. The first-order valence-electron chi connectivity index (χ1n) is 5.84. The molecule has 1 atom stereocenters. The van der Waals surface area contributed by atoms with Crippen LogP contribution in [-0.2, 0) is 4.79 Å². The lowest BCUT2D eigenvalue weighted by Crippen LogP contribution is -2.39. The van der Waals surface area contributed by atoms with E-state index in [0.29, 0.717) is 18.0 Å². The van der Waals surface area contributed by atoms with E-state index in [9.17, 15) is 4.79 Å². The summed E-state index contributed by atoms with van der Waals surface area (Å²) in [5.41, 5.74) is 6.44. The molecule has 94 valence electrons. The van der Waals surface area contributed by atoms with Gasteiger partial charge in [-0.25, -0.2) is 0 Å². The normalized spacial score (nSPS) is 12.3. The van der Waals surface area contributed by atoms with E-state index in [1.54, 1.807) is 6.07 Å². The molecule has 0 saturated heterocycles. The monoisotopic (exact) mass is 236 g/mol. The molecule has 1 amide bonds. The van der Waals surface area contributed by atoms with Crippen molar-refractivity contribution in [3.05, 3.63) is 24.3 Å². The Kier molecular flexibility index (Phi) is 4.97. The summed E-state index contributed by atoms with van der Waals surface area (Å²) in [5.74, 6) is 0.584.